The molecule has 0 radical (unpaired) electrons. The molecular formula is C41H60N6O4. The fraction of sp³-hybridized carbons (Fsp3) is 0.610. The third kappa shape index (κ3) is 8.76. The summed E-state index contributed by atoms with van der Waals surface area (Å²) >= 11 is 0. The number of hydrogen-bond acceptors (Lipinski definition) is 6. The molecule has 2 fully saturated rings. The van der Waals surface area contributed by atoms with Crippen LogP contribution in [0.5, 0.6) is 5.75 Å². The first-order valence-electron chi connectivity index (χ1n) is 19.1. The number of nitrogens with one attached hydrogen (secondary N) is 3. The molecule has 1 aliphatic heterocycles. The highest BCUT2D eigenvalue weighted by Gasteiger charge is 2.62. The Balaban J connectivity index is 1.18. The van der Waals surface area contributed by atoms with E-state index in [1.807, 2.05) is 50.2 Å². The van der Waals surface area contributed by atoms with E-state index in [4.69, 9.17) is 5.73 Å². The summed E-state index contributed by atoms with van der Waals surface area (Å²) in [6.45, 7) is 13.3. The van der Waals surface area contributed by atoms with Crippen LogP contribution in [0.4, 0.5) is 0 Å². The number of amidine groups is 1. The van der Waals surface area contributed by atoms with Gasteiger partial charge in [-0.1, -0.05) is 77.4 Å². The van der Waals surface area contributed by atoms with E-state index in [1.54, 1.807) is 6.07 Å². The summed E-state index contributed by atoms with van der Waals surface area (Å²) in [5.41, 5.74) is 8.79. The summed E-state index contributed by atoms with van der Waals surface area (Å²) in [4.78, 5) is 47.3. The number of rotatable bonds is 17. The van der Waals surface area contributed by atoms with Crippen molar-refractivity contribution in [1.29, 1.82) is 0 Å². The van der Waals surface area contributed by atoms with Crippen molar-refractivity contribution < 1.29 is 19.5 Å². The minimum atomic E-state index is -0.707. The summed E-state index contributed by atoms with van der Waals surface area (Å²) in [5, 5.41) is 19.0. The largest absolute Gasteiger partial charge is 0.508 e. The van der Waals surface area contributed by atoms with E-state index in [9.17, 15) is 19.5 Å². The molecule has 6 atom stereocenters. The molecule has 10 heteroatoms. The second-order valence-corrected chi connectivity index (χ2v) is 15.9. The van der Waals surface area contributed by atoms with Crippen LogP contribution in [0.1, 0.15) is 96.3 Å². The molecule has 1 saturated carbocycles. The lowest BCUT2D eigenvalue weighted by Crippen LogP contribution is -2.58. The Hall–Kier alpha value is -3.92. The number of amides is 3. The quantitative estimate of drug-likeness (QED) is 0.0928. The van der Waals surface area contributed by atoms with Gasteiger partial charge in [0, 0.05) is 32.1 Å². The van der Waals surface area contributed by atoms with Crippen molar-refractivity contribution in [2.24, 2.45) is 28.5 Å². The molecule has 3 aliphatic rings. The summed E-state index contributed by atoms with van der Waals surface area (Å²) in [6, 6.07) is 15.4. The lowest BCUT2D eigenvalue weighted by Gasteiger charge is -2.55. The molecule has 6 N–H and O–H groups in total. The first-order valence-corrected chi connectivity index (χ1v) is 19.1. The molecule has 2 aromatic rings. The minimum Gasteiger partial charge on any atom is -0.508 e. The Morgan fingerprint density at radius 3 is 2.59 bits per heavy atom. The second kappa shape index (κ2) is 16.6. The predicted molar refractivity (Wildman–Crippen MR) is 203 cm³/mol. The van der Waals surface area contributed by atoms with Crippen molar-refractivity contribution in [3.63, 3.8) is 0 Å². The smallest absolute Gasteiger partial charge is 0.242 e. The van der Waals surface area contributed by atoms with Gasteiger partial charge in [0.2, 0.25) is 17.7 Å². The molecule has 0 unspecified atom stereocenters. The van der Waals surface area contributed by atoms with Gasteiger partial charge in [-0.3, -0.25) is 24.3 Å². The number of benzene rings is 2. The zero-order chi connectivity index (χ0) is 36.8. The lowest BCUT2D eigenvalue weighted by molar-refractivity contribution is -0.130. The number of phenols is 1. The van der Waals surface area contributed by atoms with Crippen LogP contribution >= 0.6 is 0 Å². The fourth-order valence-corrected chi connectivity index (χ4v) is 8.59. The molecule has 278 valence electrons. The Morgan fingerprint density at radius 2 is 1.86 bits per heavy atom. The van der Waals surface area contributed by atoms with Crippen LogP contribution in [0.3, 0.4) is 0 Å². The number of carbonyl (C=O) groups is 3. The molecule has 5 rings (SSSR count). The van der Waals surface area contributed by atoms with Gasteiger partial charge in [-0.2, -0.15) is 0 Å². The van der Waals surface area contributed by atoms with Crippen LogP contribution in [-0.2, 0) is 31.6 Å². The lowest BCUT2D eigenvalue weighted by atomic mass is 9.59. The SMILES string of the molecule is CCCCC(N)=NCCCNC(=O)[C@H](CC(C)C)NC(=O)CNC(=O)[C@]1(c2ccccc2)C[C@@H]1CN1CC[C@@]2(C)c3cc(O)ccc3C[C@@H]1[C@H]2C. The van der Waals surface area contributed by atoms with Gasteiger partial charge in [0.1, 0.15) is 11.8 Å². The molecule has 2 aliphatic carbocycles. The zero-order valence-corrected chi connectivity index (χ0v) is 31.3. The van der Waals surface area contributed by atoms with Gasteiger partial charge in [0.05, 0.1) is 17.8 Å². The van der Waals surface area contributed by atoms with Gasteiger partial charge in [-0.05, 0) is 97.1 Å². The Kier molecular flexibility index (Phi) is 12.5. The van der Waals surface area contributed by atoms with Crippen LogP contribution in [0, 0.1) is 17.8 Å². The topological polar surface area (TPSA) is 149 Å². The number of piperidine rings is 1. The third-order valence-corrected chi connectivity index (χ3v) is 11.9. The number of phenolic OH excluding ortho intramolecular Hbond substituents is 1. The molecule has 1 saturated heterocycles. The molecular weight excluding hydrogens is 640 g/mol. The number of carbonyl (C=O) groups excluding carboxylic acids is 3. The number of aromatic hydroxyl groups is 1. The minimum absolute atomic E-state index is 0.000377. The highest BCUT2D eigenvalue weighted by molar-refractivity contribution is 5.95. The van der Waals surface area contributed by atoms with Crippen molar-refractivity contribution in [3.8, 4) is 5.75 Å². The maximum Gasteiger partial charge on any atom is 0.242 e. The predicted octanol–water partition coefficient (Wildman–Crippen LogP) is 4.58. The maximum atomic E-state index is 14.1. The Morgan fingerprint density at radius 1 is 1.10 bits per heavy atom. The standard InChI is InChI=1S/C41H60N6O4/c1-6-7-14-36(42)43-18-11-19-44-38(50)34(21-27(2)3)46-37(49)25-45-39(51)41(30-12-9-8-10-13-30)24-31(41)26-47-20-17-40(5)28(4)35(47)22-29-15-16-32(48)23-33(29)40/h8-10,12-13,15-16,23,27-28,31,34-35,48H,6-7,11,14,17-22,24-26H2,1-5H3,(H2,42,43)(H,44,50)(H,45,51)(H,46,49)/t28-,31-,34+,35-,40-,41+/m1/s1. The third-order valence-electron chi connectivity index (χ3n) is 11.9. The molecule has 51 heavy (non-hydrogen) atoms. The Bertz CT molecular complexity index is 1560. The van der Waals surface area contributed by atoms with Crippen molar-refractivity contribution in [2.45, 2.75) is 109 Å². The summed E-state index contributed by atoms with van der Waals surface area (Å²) in [5.74, 6) is 0.927. The van der Waals surface area contributed by atoms with Crippen LogP contribution in [0.25, 0.3) is 0 Å². The average Bonchev–Trinajstić information content (AvgIpc) is 3.84. The Labute approximate surface area is 304 Å². The van der Waals surface area contributed by atoms with Crippen molar-refractivity contribution in [3.05, 3.63) is 65.2 Å². The molecule has 3 amide bonds. The van der Waals surface area contributed by atoms with E-state index in [1.165, 1.54) is 11.1 Å². The van der Waals surface area contributed by atoms with E-state index in [-0.39, 0.29) is 41.5 Å². The van der Waals surface area contributed by atoms with E-state index < -0.39 is 11.5 Å². The van der Waals surface area contributed by atoms with E-state index in [0.29, 0.717) is 49.5 Å². The van der Waals surface area contributed by atoms with Crippen LogP contribution in [-0.4, -0.2) is 78.4 Å². The monoisotopic (exact) mass is 700 g/mol. The van der Waals surface area contributed by atoms with Crippen molar-refractivity contribution in [2.75, 3.05) is 32.7 Å². The number of likely N-dealkylation sites (tertiary alicyclic amines) is 1. The first-order chi connectivity index (χ1) is 24.4. The van der Waals surface area contributed by atoms with Gasteiger partial charge in [0.15, 0.2) is 0 Å². The van der Waals surface area contributed by atoms with E-state index >= 15 is 0 Å². The van der Waals surface area contributed by atoms with Gasteiger partial charge >= 0.3 is 0 Å². The van der Waals surface area contributed by atoms with Crippen LogP contribution in [0.15, 0.2) is 53.5 Å². The van der Waals surface area contributed by atoms with Crippen LogP contribution in [0.2, 0.25) is 0 Å². The second-order valence-electron chi connectivity index (χ2n) is 15.9. The molecule has 2 aromatic carbocycles. The summed E-state index contributed by atoms with van der Waals surface area (Å²) in [6.07, 6.45) is 6.65. The van der Waals surface area contributed by atoms with Gasteiger partial charge in [0.25, 0.3) is 0 Å². The molecule has 10 nitrogen and oxygen atoms in total. The molecule has 1 heterocycles. The van der Waals surface area contributed by atoms with Gasteiger partial charge in [-0.15, -0.1) is 0 Å². The summed E-state index contributed by atoms with van der Waals surface area (Å²) < 4.78 is 0. The van der Waals surface area contributed by atoms with E-state index in [2.05, 4.69) is 52.7 Å². The number of unbranched alkanes of at least 4 members (excludes halogenated alkanes) is 1. The van der Waals surface area contributed by atoms with Gasteiger partial charge in [-0.25, -0.2) is 0 Å². The summed E-state index contributed by atoms with van der Waals surface area (Å²) in [7, 11) is 0. The fourth-order valence-electron chi connectivity index (χ4n) is 8.59. The molecule has 0 aromatic heterocycles. The number of hydrogen-bond donors (Lipinski definition) is 5. The highest BCUT2D eigenvalue weighted by atomic mass is 16.3. The number of nitrogens with two attached hydrogens (primary N) is 1. The molecule has 0 spiro atoms. The normalized spacial score (nSPS) is 26.2. The van der Waals surface area contributed by atoms with Gasteiger partial charge < -0.3 is 26.8 Å². The first kappa shape index (κ1) is 38.3. The average molecular weight is 701 g/mol. The van der Waals surface area contributed by atoms with E-state index in [0.717, 1.165) is 57.2 Å². The highest BCUT2D eigenvalue weighted by Crippen LogP contribution is 2.56. The maximum absolute atomic E-state index is 14.1. The van der Waals surface area contributed by atoms with Crippen molar-refractivity contribution >= 4 is 23.6 Å². The number of aliphatic imine (C=N–C) groups is 1. The number of nitrogens with zero attached hydrogens (tertiary/aromatic N) is 2. The zero-order valence-electron chi connectivity index (χ0n) is 31.3. The van der Waals surface area contributed by atoms with Crippen LogP contribution < -0.4 is 21.7 Å². The van der Waals surface area contributed by atoms with Crippen molar-refractivity contribution in [1.82, 2.24) is 20.9 Å². The number of fused-ring (bicyclic) bond motifs is 4. The molecule has 2 bridgehead atoms.